The fraction of sp³-hybridized carbons (Fsp3) is 0.667. The lowest BCUT2D eigenvalue weighted by atomic mass is 9.87. The number of ether oxygens (including phenoxy) is 2. The van der Waals surface area contributed by atoms with E-state index in [0.29, 0.717) is 12.2 Å². The van der Waals surface area contributed by atoms with Crippen molar-refractivity contribution < 1.29 is 14.3 Å². The molecule has 0 N–H and O–H groups in total. The van der Waals surface area contributed by atoms with E-state index < -0.39 is 0 Å². The monoisotopic (exact) mass is 316 g/mol. The number of likely N-dealkylation sites (tertiary alicyclic amines) is 1. The molecule has 0 bridgehead atoms. The molecule has 1 aromatic heterocycles. The Morgan fingerprint density at radius 3 is 2.74 bits per heavy atom. The van der Waals surface area contributed by atoms with Crippen LogP contribution in [0.3, 0.4) is 0 Å². The van der Waals surface area contributed by atoms with Gasteiger partial charge in [0, 0.05) is 44.1 Å². The minimum atomic E-state index is -0.0662. The van der Waals surface area contributed by atoms with Gasteiger partial charge in [-0.15, -0.1) is 0 Å². The molecule has 2 saturated heterocycles. The second-order valence-corrected chi connectivity index (χ2v) is 7.12. The molecular weight excluding hydrogens is 292 g/mol. The first-order valence-electron chi connectivity index (χ1n) is 8.69. The summed E-state index contributed by atoms with van der Waals surface area (Å²) in [5.41, 5.74) is 0.650. The Hall–Kier alpha value is -1.46. The number of rotatable bonds is 4. The van der Waals surface area contributed by atoms with E-state index in [1.165, 1.54) is 12.8 Å². The lowest BCUT2D eigenvalue weighted by molar-refractivity contribution is -0.0410. The molecule has 4 rings (SSSR count). The summed E-state index contributed by atoms with van der Waals surface area (Å²) in [6.07, 6.45) is 9.03. The van der Waals surface area contributed by atoms with Gasteiger partial charge in [0.1, 0.15) is 0 Å². The van der Waals surface area contributed by atoms with Gasteiger partial charge in [-0.25, -0.2) is 0 Å². The number of hydrogen-bond acceptors (Lipinski definition) is 4. The van der Waals surface area contributed by atoms with E-state index in [1.54, 1.807) is 24.5 Å². The van der Waals surface area contributed by atoms with Crippen molar-refractivity contribution in [3.63, 3.8) is 0 Å². The second-order valence-electron chi connectivity index (χ2n) is 7.12. The van der Waals surface area contributed by atoms with Gasteiger partial charge in [0.2, 0.25) is 0 Å². The van der Waals surface area contributed by atoms with Gasteiger partial charge in [0.15, 0.2) is 0 Å². The molecule has 1 unspecified atom stereocenters. The molecule has 0 radical (unpaired) electrons. The molecule has 1 atom stereocenters. The Bertz CT molecular complexity index is 551. The normalized spacial score (nSPS) is 26.6. The van der Waals surface area contributed by atoms with E-state index in [1.807, 2.05) is 4.90 Å². The van der Waals surface area contributed by atoms with E-state index >= 15 is 0 Å². The predicted octanol–water partition coefficient (Wildman–Crippen LogP) is 2.27. The van der Waals surface area contributed by atoms with Crippen molar-refractivity contribution >= 4 is 5.91 Å². The summed E-state index contributed by atoms with van der Waals surface area (Å²) in [7, 11) is 0. The Labute approximate surface area is 137 Å². The van der Waals surface area contributed by atoms with Crippen molar-refractivity contribution in [3.05, 3.63) is 30.1 Å². The highest BCUT2D eigenvalue weighted by Crippen LogP contribution is 2.38. The SMILES string of the molecule is O=C(c1ccncc1)N1CCC2(CC1)CC(OCC1CC1)CO2. The smallest absolute Gasteiger partial charge is 0.253 e. The summed E-state index contributed by atoms with van der Waals surface area (Å²) >= 11 is 0. The number of hydrogen-bond donors (Lipinski definition) is 0. The average Bonchev–Trinajstić information content (AvgIpc) is 3.36. The van der Waals surface area contributed by atoms with Crippen molar-refractivity contribution in [2.75, 3.05) is 26.3 Å². The van der Waals surface area contributed by atoms with Crippen LogP contribution < -0.4 is 0 Å². The van der Waals surface area contributed by atoms with Crippen molar-refractivity contribution in [1.29, 1.82) is 0 Å². The molecular formula is C18H24N2O3. The van der Waals surface area contributed by atoms with Crippen LogP contribution in [0.2, 0.25) is 0 Å². The molecule has 3 aliphatic rings. The summed E-state index contributed by atoms with van der Waals surface area (Å²) in [4.78, 5) is 18.4. The maximum atomic E-state index is 12.5. The van der Waals surface area contributed by atoms with Crippen LogP contribution in [0.1, 0.15) is 42.5 Å². The van der Waals surface area contributed by atoms with E-state index in [0.717, 1.165) is 44.9 Å². The molecule has 23 heavy (non-hydrogen) atoms. The highest BCUT2D eigenvalue weighted by molar-refractivity contribution is 5.94. The number of piperidine rings is 1. The molecule has 0 aromatic carbocycles. The minimum absolute atomic E-state index is 0.0662. The third-order valence-electron chi connectivity index (χ3n) is 5.33. The summed E-state index contributed by atoms with van der Waals surface area (Å²) in [5, 5.41) is 0. The van der Waals surface area contributed by atoms with Gasteiger partial charge in [-0.1, -0.05) is 0 Å². The molecule has 124 valence electrons. The van der Waals surface area contributed by atoms with Gasteiger partial charge in [-0.05, 0) is 43.7 Å². The van der Waals surface area contributed by atoms with Gasteiger partial charge >= 0.3 is 0 Å². The summed E-state index contributed by atoms with van der Waals surface area (Å²) in [6.45, 7) is 3.13. The number of pyridine rings is 1. The molecule has 5 heteroatoms. The molecule has 1 amide bonds. The number of amides is 1. The topological polar surface area (TPSA) is 51.7 Å². The van der Waals surface area contributed by atoms with Gasteiger partial charge in [-0.3, -0.25) is 9.78 Å². The summed E-state index contributed by atoms with van der Waals surface area (Å²) in [5.74, 6) is 0.896. The largest absolute Gasteiger partial charge is 0.375 e. The lowest BCUT2D eigenvalue weighted by Crippen LogP contribution is -2.46. The van der Waals surface area contributed by atoms with E-state index in [2.05, 4.69) is 4.98 Å². The van der Waals surface area contributed by atoms with Crippen LogP contribution in [-0.2, 0) is 9.47 Å². The highest BCUT2D eigenvalue weighted by atomic mass is 16.6. The Morgan fingerprint density at radius 1 is 1.30 bits per heavy atom. The fourth-order valence-electron chi connectivity index (χ4n) is 3.61. The summed E-state index contributed by atoms with van der Waals surface area (Å²) in [6, 6.07) is 3.56. The van der Waals surface area contributed by atoms with Gasteiger partial charge in [0.05, 0.1) is 18.3 Å². The predicted molar refractivity (Wildman–Crippen MR) is 85.1 cm³/mol. The fourth-order valence-corrected chi connectivity index (χ4v) is 3.61. The number of nitrogens with zero attached hydrogens (tertiary/aromatic N) is 2. The van der Waals surface area contributed by atoms with Crippen LogP contribution in [0, 0.1) is 5.92 Å². The molecule has 3 fully saturated rings. The molecule has 1 spiro atoms. The van der Waals surface area contributed by atoms with Gasteiger partial charge < -0.3 is 14.4 Å². The first kappa shape index (κ1) is 15.1. The first-order chi connectivity index (χ1) is 11.2. The molecule has 1 saturated carbocycles. The number of carbonyl (C=O) groups excluding carboxylic acids is 1. The number of carbonyl (C=O) groups is 1. The zero-order chi connectivity index (χ0) is 15.7. The number of aromatic nitrogens is 1. The van der Waals surface area contributed by atoms with Crippen molar-refractivity contribution in [2.24, 2.45) is 5.92 Å². The molecule has 5 nitrogen and oxygen atoms in total. The molecule has 1 aliphatic carbocycles. The van der Waals surface area contributed by atoms with Crippen molar-refractivity contribution in [3.8, 4) is 0 Å². The van der Waals surface area contributed by atoms with Crippen LogP contribution in [-0.4, -0.2) is 53.8 Å². The maximum absolute atomic E-state index is 12.5. The van der Waals surface area contributed by atoms with Crippen LogP contribution in [0.4, 0.5) is 0 Å². The van der Waals surface area contributed by atoms with Crippen LogP contribution in [0.15, 0.2) is 24.5 Å². The maximum Gasteiger partial charge on any atom is 0.253 e. The van der Waals surface area contributed by atoms with Gasteiger partial charge in [0.25, 0.3) is 5.91 Å². The Morgan fingerprint density at radius 2 is 2.04 bits per heavy atom. The standard InChI is InChI=1S/C18H24N2O3/c21-17(15-3-7-19-8-4-15)20-9-5-18(6-10-20)11-16(13-23-18)22-12-14-1-2-14/h3-4,7-8,14,16H,1-2,5-6,9-13H2. The third kappa shape index (κ3) is 3.40. The molecule has 3 heterocycles. The Kier molecular flexibility index (Phi) is 4.07. The zero-order valence-corrected chi connectivity index (χ0v) is 13.4. The van der Waals surface area contributed by atoms with Crippen LogP contribution >= 0.6 is 0 Å². The second kappa shape index (κ2) is 6.21. The van der Waals surface area contributed by atoms with Crippen LogP contribution in [0.5, 0.6) is 0 Å². The van der Waals surface area contributed by atoms with Crippen LogP contribution in [0.25, 0.3) is 0 Å². The lowest BCUT2D eigenvalue weighted by Gasteiger charge is -2.38. The van der Waals surface area contributed by atoms with Crippen molar-refractivity contribution in [2.45, 2.75) is 43.8 Å². The molecule has 1 aromatic rings. The minimum Gasteiger partial charge on any atom is -0.375 e. The molecule has 2 aliphatic heterocycles. The van der Waals surface area contributed by atoms with Crippen molar-refractivity contribution in [1.82, 2.24) is 9.88 Å². The first-order valence-corrected chi connectivity index (χ1v) is 8.69. The third-order valence-corrected chi connectivity index (χ3v) is 5.33. The Balaban J connectivity index is 1.29. The van der Waals surface area contributed by atoms with E-state index in [9.17, 15) is 4.79 Å². The summed E-state index contributed by atoms with van der Waals surface area (Å²) < 4.78 is 12.1. The average molecular weight is 316 g/mol. The quantitative estimate of drug-likeness (QED) is 0.855. The zero-order valence-electron chi connectivity index (χ0n) is 13.4. The van der Waals surface area contributed by atoms with E-state index in [-0.39, 0.29) is 17.6 Å². The van der Waals surface area contributed by atoms with Gasteiger partial charge in [-0.2, -0.15) is 0 Å². The van der Waals surface area contributed by atoms with E-state index in [4.69, 9.17) is 9.47 Å². The highest BCUT2D eigenvalue weighted by Gasteiger charge is 2.44.